The van der Waals surface area contributed by atoms with Crippen LogP contribution >= 0.6 is 0 Å². The molecule has 0 aliphatic rings. The van der Waals surface area contributed by atoms with E-state index in [1.54, 1.807) is 0 Å². The van der Waals surface area contributed by atoms with Gasteiger partial charge in [0.25, 0.3) is 0 Å². The zero-order chi connectivity index (χ0) is 10.0. The molecule has 0 atom stereocenters. The molecule has 0 N–H and O–H groups in total. The minimum Gasteiger partial charge on any atom is -0.345 e. The third-order valence-electron chi connectivity index (χ3n) is 2.72. The van der Waals surface area contributed by atoms with Gasteiger partial charge in [0.15, 0.2) is 0 Å². The SMILES string of the molecule is C=c1c(CC)c(CCC)c(=C)n1C. The van der Waals surface area contributed by atoms with E-state index >= 15 is 0 Å². The van der Waals surface area contributed by atoms with Crippen LogP contribution < -0.4 is 10.7 Å². The second kappa shape index (κ2) is 3.82. The molecule has 1 rings (SSSR count). The Kier molecular flexibility index (Phi) is 2.97. The van der Waals surface area contributed by atoms with Crippen LogP contribution in [0.5, 0.6) is 0 Å². The van der Waals surface area contributed by atoms with Crippen LogP contribution in [0.2, 0.25) is 0 Å². The van der Waals surface area contributed by atoms with Crippen LogP contribution in [-0.2, 0) is 19.9 Å². The van der Waals surface area contributed by atoms with E-state index in [0.717, 1.165) is 23.5 Å². The molecule has 0 aliphatic carbocycles. The minimum atomic E-state index is 1.07. The van der Waals surface area contributed by atoms with Crippen molar-refractivity contribution in [3.63, 3.8) is 0 Å². The maximum absolute atomic E-state index is 4.09. The summed E-state index contributed by atoms with van der Waals surface area (Å²) in [6.07, 6.45) is 3.38. The van der Waals surface area contributed by atoms with E-state index in [9.17, 15) is 0 Å². The first-order chi connectivity index (χ1) is 6.13. The molecule has 0 saturated carbocycles. The molecule has 1 heterocycles. The van der Waals surface area contributed by atoms with Gasteiger partial charge in [-0.15, -0.1) is 0 Å². The summed E-state index contributed by atoms with van der Waals surface area (Å²) in [6, 6.07) is 0. The third-order valence-corrected chi connectivity index (χ3v) is 2.72. The third kappa shape index (κ3) is 1.55. The van der Waals surface area contributed by atoms with Gasteiger partial charge in [-0.25, -0.2) is 0 Å². The summed E-state index contributed by atoms with van der Waals surface area (Å²) in [5.41, 5.74) is 2.81. The summed E-state index contributed by atoms with van der Waals surface area (Å²) in [4.78, 5) is 0. The second-order valence-electron chi connectivity index (χ2n) is 3.51. The lowest BCUT2D eigenvalue weighted by Gasteiger charge is -1.97. The van der Waals surface area contributed by atoms with Crippen molar-refractivity contribution in [3.8, 4) is 0 Å². The zero-order valence-corrected chi connectivity index (χ0v) is 8.98. The molecule has 1 heteroatoms. The summed E-state index contributed by atoms with van der Waals surface area (Å²) >= 11 is 0. The molecule has 0 saturated heterocycles. The molecule has 0 radical (unpaired) electrons. The Morgan fingerprint density at radius 3 is 2.08 bits per heavy atom. The van der Waals surface area contributed by atoms with Gasteiger partial charge in [0, 0.05) is 17.7 Å². The van der Waals surface area contributed by atoms with Gasteiger partial charge in [-0.2, -0.15) is 0 Å². The van der Waals surface area contributed by atoms with Gasteiger partial charge in [-0.1, -0.05) is 33.4 Å². The van der Waals surface area contributed by atoms with Crippen molar-refractivity contribution in [1.82, 2.24) is 4.57 Å². The largest absolute Gasteiger partial charge is 0.345 e. The Balaban J connectivity index is 3.39. The van der Waals surface area contributed by atoms with E-state index in [1.165, 1.54) is 17.5 Å². The Hall–Kier alpha value is -0.980. The fourth-order valence-corrected chi connectivity index (χ4v) is 1.88. The fourth-order valence-electron chi connectivity index (χ4n) is 1.88. The highest BCUT2D eigenvalue weighted by molar-refractivity contribution is 5.31. The van der Waals surface area contributed by atoms with Gasteiger partial charge in [-0.05, 0) is 24.0 Å². The van der Waals surface area contributed by atoms with Gasteiger partial charge < -0.3 is 4.57 Å². The predicted octanol–water partition coefficient (Wildman–Crippen LogP) is 1.36. The van der Waals surface area contributed by atoms with Crippen LogP contribution in [0.1, 0.15) is 31.4 Å². The number of hydrogen-bond donors (Lipinski definition) is 0. The van der Waals surface area contributed by atoms with Crippen LogP contribution in [0.15, 0.2) is 0 Å². The highest BCUT2D eigenvalue weighted by Crippen LogP contribution is 2.03. The van der Waals surface area contributed by atoms with Crippen LogP contribution in [0.4, 0.5) is 0 Å². The summed E-state index contributed by atoms with van der Waals surface area (Å²) in [5.74, 6) is 0. The molecule has 0 spiro atoms. The van der Waals surface area contributed by atoms with Crippen LogP contribution in [0.25, 0.3) is 13.2 Å². The van der Waals surface area contributed by atoms with Crippen LogP contribution in [0.3, 0.4) is 0 Å². The quantitative estimate of drug-likeness (QED) is 0.657. The van der Waals surface area contributed by atoms with E-state index in [0.29, 0.717) is 0 Å². The molecule has 13 heavy (non-hydrogen) atoms. The second-order valence-corrected chi connectivity index (χ2v) is 3.51. The summed E-state index contributed by atoms with van der Waals surface area (Å²) in [5, 5.41) is 2.28. The number of nitrogens with zero attached hydrogens (tertiary/aromatic N) is 1. The normalized spacial score (nSPS) is 10.7. The lowest BCUT2D eigenvalue weighted by atomic mass is 10.1. The first kappa shape index (κ1) is 10.1. The molecule has 72 valence electrons. The van der Waals surface area contributed by atoms with Gasteiger partial charge in [-0.3, -0.25) is 0 Å². The van der Waals surface area contributed by atoms with Crippen molar-refractivity contribution in [2.45, 2.75) is 33.1 Å². The lowest BCUT2D eigenvalue weighted by molar-refractivity contribution is 0.842. The van der Waals surface area contributed by atoms with E-state index < -0.39 is 0 Å². The van der Waals surface area contributed by atoms with Crippen molar-refractivity contribution in [2.75, 3.05) is 0 Å². The number of rotatable bonds is 3. The Bertz CT molecular complexity index is 384. The van der Waals surface area contributed by atoms with Crippen molar-refractivity contribution in [1.29, 1.82) is 0 Å². The Labute approximate surface area is 80.4 Å². The molecule has 0 aliphatic heterocycles. The molecule has 0 fully saturated rings. The van der Waals surface area contributed by atoms with Gasteiger partial charge in [0.05, 0.1) is 0 Å². The summed E-state index contributed by atoms with van der Waals surface area (Å²) < 4.78 is 2.10. The highest BCUT2D eigenvalue weighted by Gasteiger charge is 2.06. The molecular weight excluding hydrogens is 158 g/mol. The van der Waals surface area contributed by atoms with Crippen molar-refractivity contribution in [2.24, 2.45) is 7.05 Å². The monoisotopic (exact) mass is 177 g/mol. The Morgan fingerprint density at radius 1 is 1.08 bits per heavy atom. The fraction of sp³-hybridized carbons (Fsp3) is 0.500. The average molecular weight is 177 g/mol. The van der Waals surface area contributed by atoms with E-state index in [-0.39, 0.29) is 0 Å². The predicted molar refractivity (Wildman–Crippen MR) is 59.1 cm³/mol. The van der Waals surface area contributed by atoms with Gasteiger partial charge >= 0.3 is 0 Å². The van der Waals surface area contributed by atoms with Crippen LogP contribution in [0, 0.1) is 0 Å². The van der Waals surface area contributed by atoms with E-state index in [2.05, 4.69) is 31.6 Å². The van der Waals surface area contributed by atoms with Crippen molar-refractivity contribution in [3.05, 3.63) is 21.8 Å². The minimum absolute atomic E-state index is 1.07. The molecule has 1 aromatic heterocycles. The summed E-state index contributed by atoms with van der Waals surface area (Å²) in [7, 11) is 2.04. The maximum atomic E-state index is 4.09. The molecule has 0 amide bonds. The standard InChI is InChI=1S/C12H19N/c1-6-8-12-10(4)13(5)9(3)11(12)7-2/h3-4,6-8H2,1-2,5H3. The van der Waals surface area contributed by atoms with Gasteiger partial charge in [0.1, 0.15) is 0 Å². The van der Waals surface area contributed by atoms with Crippen molar-refractivity contribution < 1.29 is 0 Å². The van der Waals surface area contributed by atoms with E-state index in [4.69, 9.17) is 0 Å². The number of hydrogen-bond acceptors (Lipinski definition) is 0. The summed E-state index contributed by atoms with van der Waals surface area (Å²) in [6.45, 7) is 12.6. The zero-order valence-electron chi connectivity index (χ0n) is 8.98. The van der Waals surface area contributed by atoms with E-state index in [1.807, 2.05) is 7.05 Å². The first-order valence-corrected chi connectivity index (χ1v) is 4.97. The smallest absolute Gasteiger partial charge is 0.0371 e. The molecule has 0 unspecified atom stereocenters. The molecule has 0 aromatic carbocycles. The topological polar surface area (TPSA) is 4.93 Å². The molecule has 0 bridgehead atoms. The van der Waals surface area contributed by atoms with Gasteiger partial charge in [0.2, 0.25) is 0 Å². The average Bonchev–Trinajstić information content (AvgIpc) is 2.32. The van der Waals surface area contributed by atoms with Crippen LogP contribution in [-0.4, -0.2) is 4.57 Å². The number of aromatic nitrogens is 1. The molecule has 1 aromatic rings. The highest BCUT2D eigenvalue weighted by atomic mass is 14.9. The van der Waals surface area contributed by atoms with Crippen molar-refractivity contribution >= 4 is 13.2 Å². The maximum Gasteiger partial charge on any atom is 0.0371 e. The first-order valence-electron chi connectivity index (χ1n) is 4.97. The Morgan fingerprint density at radius 2 is 1.62 bits per heavy atom. The molecular formula is C12H19N. The lowest BCUT2D eigenvalue weighted by Crippen LogP contribution is -2.22. The molecule has 1 nitrogen and oxygen atoms in total.